The molecule has 0 aliphatic rings. The lowest BCUT2D eigenvalue weighted by molar-refractivity contribution is -0.274. The lowest BCUT2D eigenvalue weighted by Gasteiger charge is -2.13. The number of para-hydroxylation sites is 1. The van der Waals surface area contributed by atoms with Gasteiger partial charge in [-0.15, -0.1) is 13.2 Å². The van der Waals surface area contributed by atoms with Crippen LogP contribution in [0.25, 0.3) is 0 Å². The molecule has 0 unspecified atom stereocenters. The minimum absolute atomic E-state index is 0.0226. The van der Waals surface area contributed by atoms with Crippen LogP contribution in [-0.2, 0) is 11.2 Å². The van der Waals surface area contributed by atoms with Gasteiger partial charge in [0.1, 0.15) is 11.6 Å². The summed E-state index contributed by atoms with van der Waals surface area (Å²) in [5, 5.41) is 2.57. The molecule has 116 valence electrons. The number of rotatable bonds is 5. The predicted octanol–water partition coefficient (Wildman–Crippen LogP) is 3.55. The van der Waals surface area contributed by atoms with E-state index in [9.17, 15) is 18.0 Å². The lowest BCUT2D eigenvalue weighted by Crippen LogP contribution is -2.18. The van der Waals surface area contributed by atoms with Crippen molar-refractivity contribution in [3.8, 4) is 5.75 Å². The topological polar surface area (TPSA) is 51.2 Å². The van der Waals surface area contributed by atoms with Crippen molar-refractivity contribution in [2.24, 2.45) is 0 Å². The van der Waals surface area contributed by atoms with Crippen molar-refractivity contribution in [2.45, 2.75) is 19.2 Å². The van der Waals surface area contributed by atoms with Gasteiger partial charge in [-0.1, -0.05) is 24.3 Å². The lowest BCUT2D eigenvalue weighted by atomic mass is 10.1. The van der Waals surface area contributed by atoms with Crippen LogP contribution in [0, 0.1) is 0 Å². The molecule has 0 saturated heterocycles. The van der Waals surface area contributed by atoms with Crippen LogP contribution in [0.4, 0.5) is 19.0 Å². The van der Waals surface area contributed by atoms with Crippen LogP contribution in [0.5, 0.6) is 5.75 Å². The van der Waals surface area contributed by atoms with E-state index in [2.05, 4.69) is 15.0 Å². The van der Waals surface area contributed by atoms with Gasteiger partial charge >= 0.3 is 6.36 Å². The Bertz CT molecular complexity index is 630. The number of ether oxygens (including phenoxy) is 1. The van der Waals surface area contributed by atoms with Crippen molar-refractivity contribution >= 4 is 11.7 Å². The van der Waals surface area contributed by atoms with Crippen LogP contribution < -0.4 is 10.1 Å². The average Bonchev–Trinajstić information content (AvgIpc) is 2.46. The maximum Gasteiger partial charge on any atom is 0.573 e. The number of nitrogens with one attached hydrogen (secondary N) is 1. The van der Waals surface area contributed by atoms with Gasteiger partial charge in [-0.05, 0) is 30.2 Å². The third kappa shape index (κ3) is 5.08. The minimum Gasteiger partial charge on any atom is -0.406 e. The van der Waals surface area contributed by atoms with Crippen molar-refractivity contribution in [3.05, 3.63) is 54.2 Å². The van der Waals surface area contributed by atoms with Gasteiger partial charge in [0.25, 0.3) is 0 Å². The van der Waals surface area contributed by atoms with E-state index in [1.54, 1.807) is 24.3 Å². The van der Waals surface area contributed by atoms with Crippen LogP contribution in [0.3, 0.4) is 0 Å². The van der Waals surface area contributed by atoms with E-state index in [1.807, 2.05) is 0 Å². The summed E-state index contributed by atoms with van der Waals surface area (Å²) in [5.74, 6) is -0.228. The van der Waals surface area contributed by atoms with Gasteiger partial charge in [-0.25, -0.2) is 4.98 Å². The number of nitrogens with zero attached hydrogens (tertiary/aromatic N) is 1. The standard InChI is InChI=1S/C15H13F3N2O2/c16-15(17,18)22-12-6-2-1-5-11(12)8-9-14(21)20-13-7-3-4-10-19-13/h1-7,10H,8-9H2,(H,19,20,21). The first-order chi connectivity index (χ1) is 10.4. The number of hydrogen-bond donors (Lipinski definition) is 1. The molecule has 1 aromatic heterocycles. The number of aryl methyl sites for hydroxylation is 1. The zero-order chi connectivity index (χ0) is 16.0. The molecule has 1 aromatic carbocycles. The first kappa shape index (κ1) is 15.8. The Hall–Kier alpha value is -2.57. The quantitative estimate of drug-likeness (QED) is 0.919. The molecule has 0 radical (unpaired) electrons. The van der Waals surface area contributed by atoms with Gasteiger partial charge in [-0.3, -0.25) is 4.79 Å². The molecule has 7 heteroatoms. The van der Waals surface area contributed by atoms with Crippen molar-refractivity contribution in [1.29, 1.82) is 0 Å². The Morgan fingerprint density at radius 3 is 2.55 bits per heavy atom. The molecule has 0 atom stereocenters. The molecular formula is C15H13F3N2O2. The number of hydrogen-bond acceptors (Lipinski definition) is 3. The fourth-order valence-corrected chi connectivity index (χ4v) is 1.82. The smallest absolute Gasteiger partial charge is 0.406 e. The SMILES string of the molecule is O=C(CCc1ccccc1OC(F)(F)F)Nc1ccccn1. The van der Waals surface area contributed by atoms with Crippen LogP contribution in [0.15, 0.2) is 48.7 Å². The number of aromatic nitrogens is 1. The van der Waals surface area contributed by atoms with E-state index in [0.717, 1.165) is 0 Å². The van der Waals surface area contributed by atoms with Crippen LogP contribution >= 0.6 is 0 Å². The molecule has 4 nitrogen and oxygen atoms in total. The highest BCUT2D eigenvalue weighted by molar-refractivity contribution is 5.89. The van der Waals surface area contributed by atoms with Crippen LogP contribution in [-0.4, -0.2) is 17.3 Å². The van der Waals surface area contributed by atoms with Crippen LogP contribution in [0.1, 0.15) is 12.0 Å². The number of pyridine rings is 1. The number of halogens is 3. The van der Waals surface area contributed by atoms with Crippen LogP contribution in [0.2, 0.25) is 0 Å². The minimum atomic E-state index is -4.76. The summed E-state index contributed by atoms with van der Waals surface area (Å²) < 4.78 is 40.8. The Morgan fingerprint density at radius 2 is 1.86 bits per heavy atom. The highest BCUT2D eigenvalue weighted by Crippen LogP contribution is 2.27. The highest BCUT2D eigenvalue weighted by atomic mass is 19.4. The highest BCUT2D eigenvalue weighted by Gasteiger charge is 2.31. The fraction of sp³-hybridized carbons (Fsp3) is 0.200. The molecule has 0 bridgehead atoms. The zero-order valence-corrected chi connectivity index (χ0v) is 11.4. The number of carbonyl (C=O) groups excluding carboxylic acids is 1. The molecule has 2 rings (SSSR count). The number of alkyl halides is 3. The normalized spacial score (nSPS) is 11.0. The molecule has 0 spiro atoms. The fourth-order valence-electron chi connectivity index (χ4n) is 1.82. The predicted molar refractivity (Wildman–Crippen MR) is 74.3 cm³/mol. The largest absolute Gasteiger partial charge is 0.573 e. The summed E-state index contributed by atoms with van der Waals surface area (Å²) in [5.41, 5.74) is 0.316. The third-order valence-corrected chi connectivity index (χ3v) is 2.75. The van der Waals surface area contributed by atoms with E-state index in [1.165, 1.54) is 24.4 Å². The molecule has 0 aliphatic carbocycles. The van der Waals surface area contributed by atoms with E-state index < -0.39 is 6.36 Å². The second-order valence-electron chi connectivity index (χ2n) is 4.42. The van der Waals surface area contributed by atoms with Gasteiger partial charge in [-0.2, -0.15) is 0 Å². The van der Waals surface area contributed by atoms with E-state index in [4.69, 9.17) is 0 Å². The second-order valence-corrected chi connectivity index (χ2v) is 4.42. The first-order valence-corrected chi connectivity index (χ1v) is 6.48. The number of carbonyl (C=O) groups is 1. The maximum absolute atomic E-state index is 12.3. The number of amides is 1. The molecule has 2 aromatic rings. The van der Waals surface area contributed by atoms with E-state index >= 15 is 0 Å². The molecule has 0 saturated carbocycles. The maximum atomic E-state index is 12.3. The van der Waals surface area contributed by atoms with Gasteiger partial charge in [0.15, 0.2) is 0 Å². The molecule has 1 amide bonds. The Balaban J connectivity index is 1.95. The van der Waals surface area contributed by atoms with Crippen molar-refractivity contribution in [1.82, 2.24) is 4.98 Å². The third-order valence-electron chi connectivity index (χ3n) is 2.75. The molecule has 0 fully saturated rings. The molecule has 1 heterocycles. The number of benzene rings is 1. The summed E-state index contributed by atoms with van der Waals surface area (Å²) >= 11 is 0. The summed E-state index contributed by atoms with van der Waals surface area (Å²) in [7, 11) is 0. The average molecular weight is 310 g/mol. The monoisotopic (exact) mass is 310 g/mol. The molecule has 0 aliphatic heterocycles. The van der Waals surface area contributed by atoms with E-state index in [-0.39, 0.29) is 24.5 Å². The van der Waals surface area contributed by atoms with E-state index in [0.29, 0.717) is 11.4 Å². The Labute approximate surface area is 124 Å². The van der Waals surface area contributed by atoms with Gasteiger partial charge < -0.3 is 10.1 Å². The van der Waals surface area contributed by atoms with Crippen molar-refractivity contribution < 1.29 is 22.7 Å². The summed E-state index contributed by atoms with van der Waals surface area (Å²) in [6, 6.07) is 10.8. The Kier molecular flexibility index (Phi) is 4.98. The van der Waals surface area contributed by atoms with Gasteiger partial charge in [0.05, 0.1) is 0 Å². The summed E-state index contributed by atoms with van der Waals surface area (Å²) in [6.45, 7) is 0. The summed E-state index contributed by atoms with van der Waals surface area (Å²) in [4.78, 5) is 15.7. The summed E-state index contributed by atoms with van der Waals surface area (Å²) in [6.07, 6.45) is -3.08. The number of anilines is 1. The van der Waals surface area contributed by atoms with Gasteiger partial charge in [0.2, 0.25) is 5.91 Å². The van der Waals surface area contributed by atoms with Gasteiger partial charge in [0, 0.05) is 12.6 Å². The molecular weight excluding hydrogens is 297 g/mol. The van der Waals surface area contributed by atoms with Crippen molar-refractivity contribution in [3.63, 3.8) is 0 Å². The molecule has 22 heavy (non-hydrogen) atoms. The van der Waals surface area contributed by atoms with Crippen molar-refractivity contribution in [2.75, 3.05) is 5.32 Å². The Morgan fingerprint density at radius 1 is 1.14 bits per heavy atom. The zero-order valence-electron chi connectivity index (χ0n) is 11.4. The molecule has 1 N–H and O–H groups in total. The first-order valence-electron chi connectivity index (χ1n) is 6.48. The second kappa shape index (κ2) is 6.93.